The number of rotatable bonds is 7. The molecule has 0 saturated heterocycles. The molecule has 0 aliphatic heterocycles. The zero-order chi connectivity index (χ0) is 15.9. The van der Waals surface area contributed by atoms with E-state index in [1.807, 2.05) is 0 Å². The van der Waals surface area contributed by atoms with Crippen molar-refractivity contribution in [1.82, 2.24) is 4.98 Å². The highest BCUT2D eigenvalue weighted by atomic mass is 35.5. The van der Waals surface area contributed by atoms with Gasteiger partial charge in [-0.2, -0.15) is 0 Å². The second kappa shape index (κ2) is 7.86. The Morgan fingerprint density at radius 3 is 2.86 bits per heavy atom. The van der Waals surface area contributed by atoms with Crippen LogP contribution in [0.2, 0.25) is 4.47 Å². The third-order valence-electron chi connectivity index (χ3n) is 2.73. The van der Waals surface area contributed by atoms with E-state index in [-0.39, 0.29) is 6.61 Å². The lowest BCUT2D eigenvalue weighted by Gasteiger charge is -2.12. The van der Waals surface area contributed by atoms with Gasteiger partial charge >= 0.3 is 5.97 Å². The molecule has 1 N–H and O–H groups in total. The van der Waals surface area contributed by atoms with Gasteiger partial charge in [0.1, 0.15) is 11.5 Å². The Labute approximate surface area is 137 Å². The summed E-state index contributed by atoms with van der Waals surface area (Å²) in [4.78, 5) is 16.1. The summed E-state index contributed by atoms with van der Waals surface area (Å²) in [7, 11) is 2.89. The zero-order valence-corrected chi connectivity index (χ0v) is 13.7. The van der Waals surface area contributed by atoms with Crippen LogP contribution in [0.3, 0.4) is 0 Å². The fourth-order valence-electron chi connectivity index (χ4n) is 1.66. The first-order valence-corrected chi connectivity index (χ1v) is 7.53. The monoisotopic (exact) mass is 342 g/mol. The third kappa shape index (κ3) is 4.51. The summed E-state index contributed by atoms with van der Waals surface area (Å²) in [6.45, 7) is 0.411. The van der Waals surface area contributed by atoms with Gasteiger partial charge in [-0.15, -0.1) is 11.3 Å². The zero-order valence-electron chi connectivity index (χ0n) is 12.1. The second-order valence-electron chi connectivity index (χ2n) is 4.16. The SMILES string of the molecule is COC(=O)COc1ccc(OC)c(NCc2cnc(Cl)s2)c1. The second-order valence-corrected chi connectivity index (χ2v) is 5.86. The summed E-state index contributed by atoms with van der Waals surface area (Å²) >= 11 is 7.20. The van der Waals surface area contributed by atoms with Crippen LogP contribution in [0.5, 0.6) is 11.5 Å². The van der Waals surface area contributed by atoms with Crippen molar-refractivity contribution < 1.29 is 19.0 Å². The maximum atomic E-state index is 11.1. The molecule has 22 heavy (non-hydrogen) atoms. The van der Waals surface area contributed by atoms with Crippen LogP contribution in [0.15, 0.2) is 24.4 Å². The summed E-state index contributed by atoms with van der Waals surface area (Å²) in [6, 6.07) is 5.23. The van der Waals surface area contributed by atoms with Crippen molar-refractivity contribution in [1.29, 1.82) is 0 Å². The number of hydrogen-bond acceptors (Lipinski definition) is 7. The lowest BCUT2D eigenvalue weighted by Crippen LogP contribution is -2.12. The number of benzene rings is 1. The Balaban J connectivity index is 2.05. The van der Waals surface area contributed by atoms with Gasteiger partial charge in [-0.25, -0.2) is 9.78 Å². The Hall–Kier alpha value is -1.99. The summed E-state index contributed by atoms with van der Waals surface area (Å²) in [5.41, 5.74) is 0.745. The van der Waals surface area contributed by atoms with Gasteiger partial charge in [0.2, 0.25) is 0 Å². The standard InChI is InChI=1S/C14H15ClN2O4S/c1-19-12-4-3-9(21-8-13(18)20-2)5-11(12)16-6-10-7-17-14(15)22-10/h3-5,7,16H,6,8H2,1-2H3. The molecule has 0 spiro atoms. The first-order chi connectivity index (χ1) is 10.6. The van der Waals surface area contributed by atoms with Crippen molar-refractivity contribution in [2.75, 3.05) is 26.1 Å². The summed E-state index contributed by atoms with van der Waals surface area (Å²) in [5.74, 6) is 0.765. The van der Waals surface area contributed by atoms with Gasteiger partial charge in [0.15, 0.2) is 11.1 Å². The summed E-state index contributed by atoms with van der Waals surface area (Å²) in [6.07, 6.45) is 1.71. The molecule has 0 atom stereocenters. The van der Waals surface area contributed by atoms with Crippen LogP contribution < -0.4 is 14.8 Å². The van der Waals surface area contributed by atoms with E-state index in [1.165, 1.54) is 18.4 Å². The van der Waals surface area contributed by atoms with Crippen LogP contribution in [0.4, 0.5) is 5.69 Å². The molecule has 0 aliphatic rings. The number of thiazole rings is 1. The topological polar surface area (TPSA) is 69.7 Å². The molecule has 0 bridgehead atoms. The van der Waals surface area contributed by atoms with E-state index < -0.39 is 5.97 Å². The molecule has 6 nitrogen and oxygen atoms in total. The van der Waals surface area contributed by atoms with Crippen molar-refractivity contribution >= 4 is 34.6 Å². The highest BCUT2D eigenvalue weighted by molar-refractivity contribution is 7.15. The highest BCUT2D eigenvalue weighted by Crippen LogP contribution is 2.30. The van der Waals surface area contributed by atoms with Crippen molar-refractivity contribution in [3.8, 4) is 11.5 Å². The summed E-state index contributed by atoms with van der Waals surface area (Å²) < 4.78 is 15.7. The number of nitrogens with zero attached hydrogens (tertiary/aromatic N) is 1. The minimum atomic E-state index is -0.440. The van der Waals surface area contributed by atoms with E-state index in [4.69, 9.17) is 21.1 Å². The molecule has 0 amide bonds. The van der Waals surface area contributed by atoms with Crippen LogP contribution in [0, 0.1) is 0 Å². The molecule has 2 aromatic rings. The number of aromatic nitrogens is 1. The van der Waals surface area contributed by atoms with Gasteiger partial charge in [-0.1, -0.05) is 11.6 Å². The normalized spacial score (nSPS) is 10.1. The largest absolute Gasteiger partial charge is 0.495 e. The molecular formula is C14H15ClN2O4S. The van der Waals surface area contributed by atoms with Crippen molar-refractivity contribution in [2.24, 2.45) is 0 Å². The number of esters is 1. The molecule has 1 aromatic heterocycles. The Morgan fingerprint density at radius 1 is 1.41 bits per heavy atom. The lowest BCUT2D eigenvalue weighted by atomic mass is 10.2. The number of ether oxygens (including phenoxy) is 3. The molecule has 8 heteroatoms. The number of hydrogen-bond donors (Lipinski definition) is 1. The Kier molecular flexibility index (Phi) is 5.85. The number of anilines is 1. The summed E-state index contributed by atoms with van der Waals surface area (Å²) in [5, 5.41) is 3.23. The van der Waals surface area contributed by atoms with E-state index in [2.05, 4.69) is 15.0 Å². The van der Waals surface area contributed by atoms with Gasteiger partial charge < -0.3 is 19.5 Å². The molecule has 1 aromatic carbocycles. The van der Waals surface area contributed by atoms with E-state index in [9.17, 15) is 4.79 Å². The van der Waals surface area contributed by atoms with E-state index in [0.717, 1.165) is 10.6 Å². The molecular weight excluding hydrogens is 328 g/mol. The van der Waals surface area contributed by atoms with Crippen LogP contribution in [0.1, 0.15) is 4.88 Å². The van der Waals surface area contributed by atoms with E-state index in [1.54, 1.807) is 31.5 Å². The number of carbonyl (C=O) groups excluding carboxylic acids is 1. The highest BCUT2D eigenvalue weighted by Gasteiger charge is 2.08. The van der Waals surface area contributed by atoms with Gasteiger partial charge in [-0.3, -0.25) is 0 Å². The minimum Gasteiger partial charge on any atom is -0.495 e. The molecule has 0 radical (unpaired) electrons. The number of nitrogens with one attached hydrogen (secondary N) is 1. The first-order valence-electron chi connectivity index (χ1n) is 6.34. The average Bonchev–Trinajstić information content (AvgIpc) is 2.96. The lowest BCUT2D eigenvalue weighted by molar-refractivity contribution is -0.142. The maximum absolute atomic E-state index is 11.1. The van der Waals surface area contributed by atoms with Crippen LogP contribution in [-0.4, -0.2) is 31.8 Å². The fourth-order valence-corrected chi connectivity index (χ4v) is 2.58. The molecule has 0 aliphatic carbocycles. The van der Waals surface area contributed by atoms with Crippen molar-refractivity contribution in [3.05, 3.63) is 33.7 Å². The minimum absolute atomic E-state index is 0.146. The van der Waals surface area contributed by atoms with Crippen LogP contribution in [-0.2, 0) is 16.1 Å². The van der Waals surface area contributed by atoms with Gasteiger partial charge in [0, 0.05) is 17.1 Å². The number of halogens is 1. The van der Waals surface area contributed by atoms with Crippen molar-refractivity contribution in [3.63, 3.8) is 0 Å². The quantitative estimate of drug-likeness (QED) is 0.780. The van der Waals surface area contributed by atoms with E-state index >= 15 is 0 Å². The predicted molar refractivity (Wildman–Crippen MR) is 85.0 cm³/mol. The van der Waals surface area contributed by atoms with Gasteiger partial charge in [0.25, 0.3) is 0 Å². The number of carbonyl (C=O) groups is 1. The van der Waals surface area contributed by atoms with E-state index in [0.29, 0.717) is 22.5 Å². The Morgan fingerprint density at radius 2 is 2.23 bits per heavy atom. The molecule has 0 unspecified atom stereocenters. The fraction of sp³-hybridized carbons (Fsp3) is 0.286. The third-order valence-corrected chi connectivity index (χ3v) is 3.85. The first kappa shape index (κ1) is 16.4. The molecule has 1 heterocycles. The predicted octanol–water partition coefficient (Wildman–Crippen LogP) is 2.97. The molecule has 2 rings (SSSR count). The maximum Gasteiger partial charge on any atom is 0.343 e. The van der Waals surface area contributed by atoms with Crippen molar-refractivity contribution in [2.45, 2.75) is 6.54 Å². The smallest absolute Gasteiger partial charge is 0.343 e. The number of methoxy groups -OCH3 is 2. The van der Waals surface area contributed by atoms with Gasteiger partial charge in [-0.05, 0) is 12.1 Å². The molecule has 118 valence electrons. The molecule has 0 saturated carbocycles. The average molecular weight is 343 g/mol. The Bertz CT molecular complexity index is 648. The van der Waals surface area contributed by atoms with Crippen LogP contribution in [0.25, 0.3) is 0 Å². The van der Waals surface area contributed by atoms with Crippen LogP contribution >= 0.6 is 22.9 Å². The van der Waals surface area contributed by atoms with Gasteiger partial charge in [0.05, 0.1) is 26.5 Å². The molecule has 0 fully saturated rings.